The van der Waals surface area contributed by atoms with E-state index in [1.54, 1.807) is 0 Å². The smallest absolute Gasteiger partial charge is 0.0393 e. The van der Waals surface area contributed by atoms with Gasteiger partial charge in [-0.1, -0.05) is 58.4 Å². The first-order chi connectivity index (χ1) is 8.75. The molecule has 0 saturated heterocycles. The lowest BCUT2D eigenvalue weighted by atomic mass is 10.0. The number of rotatable bonds is 1. The van der Waals surface area contributed by atoms with Crippen LogP contribution in [0.1, 0.15) is 0 Å². The van der Waals surface area contributed by atoms with Crippen LogP contribution < -0.4 is 5.73 Å². The molecule has 0 atom stereocenters. The minimum Gasteiger partial charge on any atom is -0.398 e. The van der Waals surface area contributed by atoms with Crippen molar-refractivity contribution in [3.63, 3.8) is 0 Å². The summed E-state index contributed by atoms with van der Waals surface area (Å²) in [6.45, 7) is 0. The fourth-order valence-electron chi connectivity index (χ4n) is 2.16. The zero-order chi connectivity index (χ0) is 12.5. The molecule has 0 aliphatic rings. The fourth-order valence-corrected chi connectivity index (χ4v) is 2.66. The maximum Gasteiger partial charge on any atom is 0.0393 e. The van der Waals surface area contributed by atoms with Gasteiger partial charge >= 0.3 is 0 Å². The van der Waals surface area contributed by atoms with Gasteiger partial charge in [-0.25, -0.2) is 0 Å². The summed E-state index contributed by atoms with van der Waals surface area (Å²) < 4.78 is 1.11. The highest BCUT2D eigenvalue weighted by Gasteiger charge is 2.04. The normalized spacial score (nSPS) is 10.7. The van der Waals surface area contributed by atoms with E-state index in [2.05, 4.69) is 46.3 Å². The number of benzene rings is 3. The van der Waals surface area contributed by atoms with Crippen LogP contribution in [0.15, 0.2) is 65.1 Å². The molecule has 18 heavy (non-hydrogen) atoms. The number of anilines is 1. The van der Waals surface area contributed by atoms with Crippen LogP contribution in [0.3, 0.4) is 0 Å². The maximum atomic E-state index is 6.02. The summed E-state index contributed by atoms with van der Waals surface area (Å²) in [5.74, 6) is 0. The SMILES string of the molecule is Nc1ccccc1-c1ccc2cccc(Br)c2c1. The monoisotopic (exact) mass is 297 g/mol. The van der Waals surface area contributed by atoms with Gasteiger partial charge in [0.25, 0.3) is 0 Å². The van der Waals surface area contributed by atoms with Crippen LogP contribution in [0.5, 0.6) is 0 Å². The molecule has 0 radical (unpaired) electrons. The third kappa shape index (κ3) is 1.89. The van der Waals surface area contributed by atoms with Gasteiger partial charge in [0.15, 0.2) is 0 Å². The summed E-state index contributed by atoms with van der Waals surface area (Å²) in [6, 6.07) is 20.6. The van der Waals surface area contributed by atoms with E-state index >= 15 is 0 Å². The van der Waals surface area contributed by atoms with Crippen molar-refractivity contribution in [2.45, 2.75) is 0 Å². The summed E-state index contributed by atoms with van der Waals surface area (Å²) in [6.07, 6.45) is 0. The van der Waals surface area contributed by atoms with Crippen molar-refractivity contribution < 1.29 is 0 Å². The van der Waals surface area contributed by atoms with Gasteiger partial charge in [-0.05, 0) is 34.5 Å². The first kappa shape index (κ1) is 11.3. The third-order valence-electron chi connectivity index (χ3n) is 3.10. The molecule has 0 saturated carbocycles. The molecule has 0 unspecified atom stereocenters. The number of halogens is 1. The second kappa shape index (κ2) is 4.46. The summed E-state index contributed by atoms with van der Waals surface area (Å²) in [7, 11) is 0. The second-order valence-corrected chi connectivity index (χ2v) is 5.12. The van der Waals surface area contributed by atoms with E-state index in [-0.39, 0.29) is 0 Å². The minimum absolute atomic E-state index is 0.809. The van der Waals surface area contributed by atoms with Crippen molar-refractivity contribution in [2.75, 3.05) is 5.73 Å². The van der Waals surface area contributed by atoms with Gasteiger partial charge in [0, 0.05) is 15.7 Å². The average Bonchev–Trinajstić information content (AvgIpc) is 2.40. The number of hydrogen-bond donors (Lipinski definition) is 1. The van der Waals surface area contributed by atoms with Gasteiger partial charge in [0.2, 0.25) is 0 Å². The Morgan fingerprint density at radius 3 is 2.50 bits per heavy atom. The fraction of sp³-hybridized carbons (Fsp3) is 0. The molecule has 0 fully saturated rings. The number of para-hydroxylation sites is 1. The summed E-state index contributed by atoms with van der Waals surface area (Å²) in [5, 5.41) is 2.43. The van der Waals surface area contributed by atoms with E-state index < -0.39 is 0 Å². The van der Waals surface area contributed by atoms with Crippen LogP contribution in [0.4, 0.5) is 5.69 Å². The van der Waals surface area contributed by atoms with E-state index in [1.165, 1.54) is 10.8 Å². The van der Waals surface area contributed by atoms with Crippen LogP contribution in [0.25, 0.3) is 21.9 Å². The van der Waals surface area contributed by atoms with E-state index in [1.807, 2.05) is 30.3 Å². The topological polar surface area (TPSA) is 26.0 Å². The van der Waals surface area contributed by atoms with Crippen molar-refractivity contribution >= 4 is 32.4 Å². The highest BCUT2D eigenvalue weighted by molar-refractivity contribution is 9.10. The summed E-state index contributed by atoms with van der Waals surface area (Å²) in [4.78, 5) is 0. The molecule has 0 aliphatic carbocycles. The predicted molar refractivity (Wildman–Crippen MR) is 81.5 cm³/mol. The standard InChI is InChI=1S/C16H12BrN/c17-15-6-3-4-11-8-9-12(10-14(11)15)13-5-1-2-7-16(13)18/h1-10H,18H2. The first-order valence-electron chi connectivity index (χ1n) is 5.79. The van der Waals surface area contributed by atoms with Crippen molar-refractivity contribution in [1.82, 2.24) is 0 Å². The van der Waals surface area contributed by atoms with Crippen molar-refractivity contribution in [1.29, 1.82) is 0 Å². The molecule has 3 rings (SSSR count). The van der Waals surface area contributed by atoms with Crippen LogP contribution in [-0.4, -0.2) is 0 Å². The zero-order valence-corrected chi connectivity index (χ0v) is 11.3. The summed E-state index contributed by atoms with van der Waals surface area (Å²) >= 11 is 3.59. The summed E-state index contributed by atoms with van der Waals surface area (Å²) in [5.41, 5.74) is 9.06. The molecule has 0 heterocycles. The number of nitrogen functional groups attached to an aromatic ring is 1. The predicted octanol–water partition coefficient (Wildman–Crippen LogP) is 4.85. The second-order valence-electron chi connectivity index (χ2n) is 4.26. The Kier molecular flexibility index (Phi) is 2.80. The van der Waals surface area contributed by atoms with Gasteiger partial charge in [-0.2, -0.15) is 0 Å². The molecule has 3 aromatic carbocycles. The Morgan fingerprint density at radius 2 is 1.67 bits per heavy atom. The molecule has 1 nitrogen and oxygen atoms in total. The molecule has 2 heteroatoms. The van der Waals surface area contributed by atoms with Crippen molar-refractivity contribution in [3.05, 3.63) is 65.1 Å². The number of fused-ring (bicyclic) bond motifs is 1. The maximum absolute atomic E-state index is 6.02. The zero-order valence-electron chi connectivity index (χ0n) is 9.73. The Morgan fingerprint density at radius 1 is 0.833 bits per heavy atom. The number of hydrogen-bond acceptors (Lipinski definition) is 1. The largest absolute Gasteiger partial charge is 0.398 e. The van der Waals surface area contributed by atoms with Crippen molar-refractivity contribution in [3.8, 4) is 11.1 Å². The van der Waals surface area contributed by atoms with Gasteiger partial charge in [0.1, 0.15) is 0 Å². The van der Waals surface area contributed by atoms with E-state index in [0.29, 0.717) is 0 Å². The van der Waals surface area contributed by atoms with Crippen LogP contribution in [0, 0.1) is 0 Å². The quantitative estimate of drug-likeness (QED) is 0.638. The van der Waals surface area contributed by atoms with E-state index in [0.717, 1.165) is 21.3 Å². The Hall–Kier alpha value is -1.80. The Labute approximate surface area is 114 Å². The Bertz CT molecular complexity index is 719. The average molecular weight is 298 g/mol. The lowest BCUT2D eigenvalue weighted by Crippen LogP contribution is -1.89. The third-order valence-corrected chi connectivity index (χ3v) is 3.79. The molecular formula is C16H12BrN. The van der Waals surface area contributed by atoms with Gasteiger partial charge in [-0.3, -0.25) is 0 Å². The lowest BCUT2D eigenvalue weighted by Gasteiger charge is -2.08. The number of nitrogens with two attached hydrogens (primary N) is 1. The molecule has 0 amide bonds. The highest BCUT2D eigenvalue weighted by atomic mass is 79.9. The van der Waals surface area contributed by atoms with Gasteiger partial charge in [0.05, 0.1) is 0 Å². The van der Waals surface area contributed by atoms with Crippen LogP contribution in [-0.2, 0) is 0 Å². The van der Waals surface area contributed by atoms with Gasteiger partial charge < -0.3 is 5.73 Å². The Balaban J connectivity index is 2.26. The lowest BCUT2D eigenvalue weighted by molar-refractivity contribution is 1.62. The van der Waals surface area contributed by atoms with E-state index in [9.17, 15) is 0 Å². The molecular weight excluding hydrogens is 286 g/mol. The van der Waals surface area contributed by atoms with E-state index in [4.69, 9.17) is 5.73 Å². The molecule has 3 aromatic rings. The van der Waals surface area contributed by atoms with Crippen LogP contribution in [0.2, 0.25) is 0 Å². The highest BCUT2D eigenvalue weighted by Crippen LogP contribution is 2.31. The van der Waals surface area contributed by atoms with Crippen LogP contribution >= 0.6 is 15.9 Å². The molecule has 0 aromatic heterocycles. The molecule has 0 spiro atoms. The minimum atomic E-state index is 0.809. The molecule has 88 valence electrons. The van der Waals surface area contributed by atoms with Gasteiger partial charge in [-0.15, -0.1) is 0 Å². The molecule has 0 aliphatic heterocycles. The van der Waals surface area contributed by atoms with Crippen molar-refractivity contribution in [2.24, 2.45) is 0 Å². The first-order valence-corrected chi connectivity index (χ1v) is 6.58. The molecule has 0 bridgehead atoms. The molecule has 2 N–H and O–H groups in total.